The summed E-state index contributed by atoms with van der Waals surface area (Å²) in [7, 11) is 2.24. The van der Waals surface area contributed by atoms with Crippen LogP contribution in [0.4, 0.5) is 0 Å². The van der Waals surface area contributed by atoms with E-state index >= 15 is 0 Å². The van der Waals surface area contributed by atoms with Crippen molar-refractivity contribution >= 4 is 22.9 Å². The van der Waals surface area contributed by atoms with Crippen LogP contribution in [0.3, 0.4) is 0 Å². The number of likely N-dealkylation sites (tertiary alicyclic amines) is 1. The van der Waals surface area contributed by atoms with Gasteiger partial charge in [-0.25, -0.2) is 3.11 Å². The van der Waals surface area contributed by atoms with Gasteiger partial charge in [-0.15, -0.1) is 0 Å². The standard InChI is InChI=1S/C12H24IN3/c1-10-8-15(13)9-11(2)16(10)12-4-6-14(3)7-5-12/h10-12H,4-9H2,1-3H3. The van der Waals surface area contributed by atoms with Gasteiger partial charge in [0.1, 0.15) is 0 Å². The molecule has 16 heavy (non-hydrogen) atoms. The second-order valence-corrected chi connectivity index (χ2v) is 6.87. The van der Waals surface area contributed by atoms with Crippen molar-refractivity contribution < 1.29 is 0 Å². The maximum absolute atomic E-state index is 2.78. The van der Waals surface area contributed by atoms with E-state index in [0.29, 0.717) is 12.1 Å². The first-order valence-corrected chi connectivity index (χ1v) is 7.41. The Morgan fingerprint density at radius 3 is 2.00 bits per heavy atom. The van der Waals surface area contributed by atoms with E-state index in [0.717, 1.165) is 6.04 Å². The van der Waals surface area contributed by atoms with E-state index in [1.807, 2.05) is 0 Å². The highest BCUT2D eigenvalue weighted by Gasteiger charge is 2.34. The summed E-state index contributed by atoms with van der Waals surface area (Å²) in [6.45, 7) is 9.76. The Bertz CT molecular complexity index is 216. The van der Waals surface area contributed by atoms with Crippen molar-refractivity contribution in [2.75, 3.05) is 33.2 Å². The number of nitrogens with zero attached hydrogens (tertiary/aromatic N) is 3. The highest BCUT2D eigenvalue weighted by atomic mass is 127. The fourth-order valence-corrected chi connectivity index (χ4v) is 4.42. The lowest BCUT2D eigenvalue weighted by molar-refractivity contribution is 0.0180. The summed E-state index contributed by atoms with van der Waals surface area (Å²) in [6, 6.07) is 2.26. The van der Waals surface area contributed by atoms with Gasteiger partial charge in [0, 0.05) is 54.1 Å². The Balaban J connectivity index is 1.97. The third kappa shape index (κ3) is 2.89. The van der Waals surface area contributed by atoms with Crippen molar-refractivity contribution in [3.05, 3.63) is 0 Å². The molecule has 4 heteroatoms. The smallest absolute Gasteiger partial charge is 0.0235 e. The van der Waals surface area contributed by atoms with Crippen LogP contribution in [0.2, 0.25) is 0 Å². The Morgan fingerprint density at radius 1 is 1.00 bits per heavy atom. The predicted octanol–water partition coefficient (Wildman–Crippen LogP) is 1.83. The van der Waals surface area contributed by atoms with Gasteiger partial charge < -0.3 is 4.90 Å². The number of piperazine rings is 1. The van der Waals surface area contributed by atoms with Gasteiger partial charge in [-0.3, -0.25) is 4.90 Å². The maximum Gasteiger partial charge on any atom is 0.0235 e. The first-order valence-electron chi connectivity index (χ1n) is 6.44. The molecule has 0 aliphatic carbocycles. The molecular weight excluding hydrogens is 313 g/mol. The zero-order valence-electron chi connectivity index (χ0n) is 10.7. The molecule has 0 radical (unpaired) electrons. The molecule has 0 saturated carbocycles. The molecular formula is C12H24IN3. The lowest BCUT2D eigenvalue weighted by Gasteiger charge is -2.48. The minimum atomic E-state index is 0.717. The SMILES string of the molecule is CC1CN(I)CC(C)N1C1CCN(C)CC1. The van der Waals surface area contributed by atoms with E-state index in [4.69, 9.17) is 0 Å². The number of piperidine rings is 1. The van der Waals surface area contributed by atoms with Crippen molar-refractivity contribution in [1.29, 1.82) is 0 Å². The Hall–Kier alpha value is 0.610. The minimum Gasteiger partial charge on any atom is -0.306 e. The third-order valence-electron chi connectivity index (χ3n) is 4.05. The van der Waals surface area contributed by atoms with Crippen LogP contribution in [-0.2, 0) is 0 Å². The predicted molar refractivity (Wildman–Crippen MR) is 76.9 cm³/mol. The van der Waals surface area contributed by atoms with E-state index in [9.17, 15) is 0 Å². The van der Waals surface area contributed by atoms with Gasteiger partial charge >= 0.3 is 0 Å². The zero-order chi connectivity index (χ0) is 11.7. The normalized spacial score (nSPS) is 36.8. The molecule has 2 saturated heterocycles. The molecule has 0 spiro atoms. The van der Waals surface area contributed by atoms with Crippen LogP contribution in [0.15, 0.2) is 0 Å². The van der Waals surface area contributed by atoms with Crippen molar-refractivity contribution in [2.24, 2.45) is 0 Å². The average Bonchev–Trinajstić information content (AvgIpc) is 2.19. The molecule has 2 aliphatic heterocycles. The van der Waals surface area contributed by atoms with Gasteiger partial charge in [-0.2, -0.15) is 0 Å². The van der Waals surface area contributed by atoms with E-state index < -0.39 is 0 Å². The molecule has 3 nitrogen and oxygen atoms in total. The third-order valence-corrected chi connectivity index (χ3v) is 4.84. The minimum absolute atomic E-state index is 0.717. The van der Waals surface area contributed by atoms with Gasteiger partial charge in [-0.05, 0) is 46.8 Å². The van der Waals surface area contributed by atoms with Crippen LogP contribution in [0.1, 0.15) is 26.7 Å². The van der Waals surface area contributed by atoms with Crippen LogP contribution in [0, 0.1) is 0 Å². The molecule has 2 unspecified atom stereocenters. The number of rotatable bonds is 1. The van der Waals surface area contributed by atoms with Crippen molar-refractivity contribution in [1.82, 2.24) is 12.9 Å². The molecule has 2 heterocycles. The van der Waals surface area contributed by atoms with Crippen LogP contribution in [0.25, 0.3) is 0 Å². The van der Waals surface area contributed by atoms with Crippen LogP contribution < -0.4 is 0 Å². The van der Waals surface area contributed by atoms with Crippen molar-refractivity contribution in [3.8, 4) is 0 Å². The maximum atomic E-state index is 2.78. The molecule has 94 valence electrons. The Morgan fingerprint density at radius 2 is 1.50 bits per heavy atom. The lowest BCUT2D eigenvalue weighted by Crippen LogP contribution is -2.59. The summed E-state index contributed by atoms with van der Waals surface area (Å²) in [5.41, 5.74) is 0. The first kappa shape index (κ1) is 13.1. The van der Waals surface area contributed by atoms with Gasteiger partial charge in [0.2, 0.25) is 0 Å². The molecule has 2 fully saturated rings. The van der Waals surface area contributed by atoms with Crippen LogP contribution in [-0.4, -0.2) is 64.3 Å². The Kier molecular flexibility index (Phi) is 4.49. The summed E-state index contributed by atoms with van der Waals surface area (Å²) in [5, 5.41) is 0. The summed E-state index contributed by atoms with van der Waals surface area (Å²) in [4.78, 5) is 5.24. The van der Waals surface area contributed by atoms with E-state index in [2.05, 4.69) is 56.7 Å². The molecule has 0 aromatic carbocycles. The van der Waals surface area contributed by atoms with Gasteiger partial charge in [0.05, 0.1) is 0 Å². The molecule has 0 amide bonds. The largest absolute Gasteiger partial charge is 0.306 e. The second kappa shape index (κ2) is 5.50. The molecule has 0 aromatic rings. The molecule has 0 bridgehead atoms. The number of halogens is 1. The van der Waals surface area contributed by atoms with Gasteiger partial charge in [0.25, 0.3) is 0 Å². The highest BCUT2D eigenvalue weighted by Crippen LogP contribution is 2.25. The topological polar surface area (TPSA) is 9.72 Å². The zero-order valence-corrected chi connectivity index (χ0v) is 12.9. The molecule has 0 aromatic heterocycles. The fourth-order valence-electron chi connectivity index (χ4n) is 3.28. The molecule has 2 rings (SSSR count). The summed E-state index contributed by atoms with van der Waals surface area (Å²) in [6.07, 6.45) is 2.71. The fraction of sp³-hybridized carbons (Fsp3) is 1.00. The van der Waals surface area contributed by atoms with Crippen molar-refractivity contribution in [3.63, 3.8) is 0 Å². The average molecular weight is 337 g/mol. The van der Waals surface area contributed by atoms with Crippen LogP contribution in [0.5, 0.6) is 0 Å². The van der Waals surface area contributed by atoms with E-state index in [1.165, 1.54) is 39.0 Å². The molecule has 0 N–H and O–H groups in total. The number of hydrogen-bond donors (Lipinski definition) is 0. The van der Waals surface area contributed by atoms with Gasteiger partial charge in [0.15, 0.2) is 0 Å². The quantitative estimate of drug-likeness (QED) is 0.534. The first-order chi connectivity index (χ1) is 7.58. The van der Waals surface area contributed by atoms with Crippen molar-refractivity contribution in [2.45, 2.75) is 44.8 Å². The van der Waals surface area contributed by atoms with Crippen LogP contribution >= 0.6 is 22.9 Å². The molecule has 2 atom stereocenters. The summed E-state index contributed by atoms with van der Waals surface area (Å²) < 4.78 is 2.44. The summed E-state index contributed by atoms with van der Waals surface area (Å²) in [5.74, 6) is 0. The molecule has 2 aliphatic rings. The monoisotopic (exact) mass is 337 g/mol. The highest BCUT2D eigenvalue weighted by molar-refractivity contribution is 14.1. The van der Waals surface area contributed by atoms with E-state index in [1.54, 1.807) is 0 Å². The summed E-state index contributed by atoms with van der Waals surface area (Å²) >= 11 is 2.47. The lowest BCUT2D eigenvalue weighted by atomic mass is 9.98. The van der Waals surface area contributed by atoms with E-state index in [-0.39, 0.29) is 0 Å². The number of hydrogen-bond acceptors (Lipinski definition) is 3. The van der Waals surface area contributed by atoms with Gasteiger partial charge in [-0.1, -0.05) is 0 Å². The second-order valence-electron chi connectivity index (χ2n) is 5.51. The Labute approximate surface area is 114 Å².